The third-order valence-corrected chi connectivity index (χ3v) is 6.56. The molecule has 2 amide bonds. The van der Waals surface area contributed by atoms with Gasteiger partial charge in [-0.05, 0) is 67.5 Å². The molecule has 4 heterocycles. The Morgan fingerprint density at radius 2 is 2.12 bits per heavy atom. The van der Waals surface area contributed by atoms with Crippen LogP contribution in [0.5, 0.6) is 0 Å². The molecule has 0 saturated carbocycles. The number of aryl methyl sites for hydroxylation is 3. The molecule has 4 rings (SSSR count). The van der Waals surface area contributed by atoms with E-state index in [1.54, 1.807) is 22.1 Å². The van der Waals surface area contributed by atoms with Crippen molar-refractivity contribution in [2.75, 3.05) is 6.54 Å². The minimum absolute atomic E-state index is 0.0518. The molecule has 0 saturated heterocycles. The number of fused-ring (bicyclic) bond motifs is 1. The van der Waals surface area contributed by atoms with Gasteiger partial charge in [-0.1, -0.05) is 6.07 Å². The molecule has 32 heavy (non-hydrogen) atoms. The van der Waals surface area contributed by atoms with Crippen LogP contribution in [0.1, 0.15) is 38.6 Å². The van der Waals surface area contributed by atoms with Gasteiger partial charge < -0.3 is 10.2 Å². The van der Waals surface area contributed by atoms with Gasteiger partial charge in [0.15, 0.2) is 0 Å². The topological polar surface area (TPSA) is 80.1 Å². The number of aromatic nitrogens is 3. The van der Waals surface area contributed by atoms with Crippen LogP contribution >= 0.6 is 11.3 Å². The summed E-state index contributed by atoms with van der Waals surface area (Å²) in [6.07, 6.45) is 5.98. The molecular weight excluding hydrogens is 422 g/mol. The van der Waals surface area contributed by atoms with Gasteiger partial charge in [0, 0.05) is 48.2 Å². The van der Waals surface area contributed by atoms with E-state index < -0.39 is 0 Å². The maximum Gasteiger partial charge on any atom is 0.244 e. The smallest absolute Gasteiger partial charge is 0.244 e. The van der Waals surface area contributed by atoms with Crippen molar-refractivity contribution in [2.45, 2.75) is 46.8 Å². The first-order valence-electron chi connectivity index (χ1n) is 10.6. The van der Waals surface area contributed by atoms with Crippen molar-refractivity contribution in [1.82, 2.24) is 25.0 Å². The fraction of sp³-hybridized carbons (Fsp3) is 0.333. The number of carbonyl (C=O) groups excluding carboxylic acids is 2. The van der Waals surface area contributed by atoms with Crippen molar-refractivity contribution < 1.29 is 9.59 Å². The summed E-state index contributed by atoms with van der Waals surface area (Å²) < 4.78 is 1.76. The highest BCUT2D eigenvalue weighted by molar-refractivity contribution is 7.10. The van der Waals surface area contributed by atoms with Gasteiger partial charge in [0.2, 0.25) is 11.8 Å². The number of hydrogen-bond donors (Lipinski definition) is 1. The molecule has 1 aliphatic heterocycles. The van der Waals surface area contributed by atoms with Crippen molar-refractivity contribution in [3.63, 3.8) is 0 Å². The Hall–Kier alpha value is -3.26. The third-order valence-electron chi connectivity index (χ3n) is 5.72. The van der Waals surface area contributed by atoms with Crippen LogP contribution in [0.2, 0.25) is 0 Å². The number of nitrogens with zero attached hydrogens (tertiary/aromatic N) is 4. The summed E-state index contributed by atoms with van der Waals surface area (Å²) in [5.41, 5.74) is 6.09. The van der Waals surface area contributed by atoms with Gasteiger partial charge in [-0.2, -0.15) is 5.10 Å². The normalized spacial score (nSPS) is 13.4. The summed E-state index contributed by atoms with van der Waals surface area (Å²) in [6.45, 7) is 7.69. The Kier molecular flexibility index (Phi) is 6.50. The molecule has 0 unspecified atom stereocenters. The molecular formula is C24H27N5O2S. The molecule has 0 spiro atoms. The number of hydrogen-bond acceptors (Lipinski definition) is 5. The van der Waals surface area contributed by atoms with E-state index >= 15 is 0 Å². The van der Waals surface area contributed by atoms with Gasteiger partial charge in [0.25, 0.3) is 0 Å². The van der Waals surface area contributed by atoms with E-state index in [1.807, 2.05) is 61.5 Å². The van der Waals surface area contributed by atoms with Crippen molar-refractivity contribution in [3.05, 3.63) is 74.5 Å². The van der Waals surface area contributed by atoms with Crippen LogP contribution in [0.3, 0.4) is 0 Å². The second-order valence-electron chi connectivity index (χ2n) is 8.04. The van der Waals surface area contributed by atoms with E-state index in [1.165, 1.54) is 5.56 Å². The molecule has 166 valence electrons. The predicted octanol–water partition coefficient (Wildman–Crippen LogP) is 3.18. The predicted molar refractivity (Wildman–Crippen MR) is 125 cm³/mol. The quantitative estimate of drug-likeness (QED) is 0.586. The number of carbonyl (C=O) groups is 2. The molecule has 0 bridgehead atoms. The van der Waals surface area contributed by atoms with Crippen molar-refractivity contribution in [3.8, 4) is 0 Å². The number of nitrogens with one attached hydrogen (secondary N) is 1. The van der Waals surface area contributed by atoms with E-state index in [-0.39, 0.29) is 18.4 Å². The first kappa shape index (κ1) is 22.0. The van der Waals surface area contributed by atoms with E-state index in [4.69, 9.17) is 0 Å². The lowest BCUT2D eigenvalue weighted by Crippen LogP contribution is -2.39. The van der Waals surface area contributed by atoms with E-state index in [2.05, 4.69) is 15.4 Å². The molecule has 0 aliphatic carbocycles. The molecule has 3 aromatic heterocycles. The molecule has 1 aliphatic rings. The standard InChI is InChI=1S/C24H27N5O2S/c1-16-11-17(2)29(27-16)15-24(31)28-9-8-21-19(14-28)12-25-18(3)22(21)13-26-23(30)7-6-20-5-4-10-32-20/h4-7,10-12H,8-9,13-15H2,1-3H3,(H,26,30)/b7-6+. The minimum Gasteiger partial charge on any atom is -0.348 e. The average Bonchev–Trinajstić information content (AvgIpc) is 3.40. The zero-order chi connectivity index (χ0) is 22.7. The summed E-state index contributed by atoms with van der Waals surface area (Å²) in [4.78, 5) is 32.6. The van der Waals surface area contributed by atoms with Gasteiger partial charge in [0.05, 0.1) is 5.69 Å². The Bertz CT molecular complexity index is 1160. The highest BCUT2D eigenvalue weighted by Crippen LogP contribution is 2.24. The lowest BCUT2D eigenvalue weighted by Gasteiger charge is -2.30. The number of amides is 2. The second-order valence-corrected chi connectivity index (χ2v) is 9.02. The lowest BCUT2D eigenvalue weighted by molar-refractivity contribution is -0.133. The minimum atomic E-state index is -0.132. The van der Waals surface area contributed by atoms with Crippen LogP contribution < -0.4 is 5.32 Å². The maximum atomic E-state index is 12.9. The zero-order valence-electron chi connectivity index (χ0n) is 18.6. The zero-order valence-corrected chi connectivity index (χ0v) is 19.4. The fourth-order valence-corrected chi connectivity index (χ4v) is 4.63. The number of rotatable bonds is 6. The van der Waals surface area contributed by atoms with Gasteiger partial charge >= 0.3 is 0 Å². The van der Waals surface area contributed by atoms with Crippen molar-refractivity contribution in [2.24, 2.45) is 0 Å². The summed E-state index contributed by atoms with van der Waals surface area (Å²) >= 11 is 1.59. The molecule has 0 fully saturated rings. The van der Waals surface area contributed by atoms with Gasteiger partial charge in [0.1, 0.15) is 6.54 Å². The van der Waals surface area contributed by atoms with Gasteiger partial charge in [-0.3, -0.25) is 19.3 Å². The van der Waals surface area contributed by atoms with Gasteiger partial charge in [-0.25, -0.2) is 0 Å². The monoisotopic (exact) mass is 449 g/mol. The van der Waals surface area contributed by atoms with E-state index in [0.29, 0.717) is 19.6 Å². The van der Waals surface area contributed by atoms with Crippen LogP contribution in [-0.4, -0.2) is 38.0 Å². The molecule has 1 N–H and O–H groups in total. The van der Waals surface area contributed by atoms with Crippen LogP contribution in [0, 0.1) is 20.8 Å². The summed E-state index contributed by atoms with van der Waals surface area (Å²) in [5, 5.41) is 9.35. The molecule has 0 atom stereocenters. The van der Waals surface area contributed by atoms with Crippen molar-refractivity contribution >= 4 is 29.2 Å². The molecule has 3 aromatic rings. The largest absolute Gasteiger partial charge is 0.348 e. The first-order chi connectivity index (χ1) is 15.4. The summed E-state index contributed by atoms with van der Waals surface area (Å²) in [5.74, 6) is -0.0797. The highest BCUT2D eigenvalue weighted by Gasteiger charge is 2.24. The molecule has 0 aromatic carbocycles. The van der Waals surface area contributed by atoms with Crippen LogP contribution in [-0.2, 0) is 35.6 Å². The Labute approximate surface area is 191 Å². The SMILES string of the molecule is Cc1cc(C)n(CC(=O)N2CCc3c(cnc(C)c3CNC(=O)/C=C/c3cccs3)C2)n1. The molecule has 0 radical (unpaired) electrons. The maximum absolute atomic E-state index is 12.9. The molecule has 7 nitrogen and oxygen atoms in total. The van der Waals surface area contributed by atoms with Crippen LogP contribution in [0.25, 0.3) is 6.08 Å². The molecule has 8 heteroatoms. The Morgan fingerprint density at radius 1 is 1.28 bits per heavy atom. The Balaban J connectivity index is 1.41. The summed E-state index contributed by atoms with van der Waals surface area (Å²) in [7, 11) is 0. The van der Waals surface area contributed by atoms with Crippen LogP contribution in [0.4, 0.5) is 0 Å². The second kappa shape index (κ2) is 9.48. The fourth-order valence-electron chi connectivity index (χ4n) is 4.01. The summed E-state index contributed by atoms with van der Waals surface area (Å²) in [6, 6.07) is 5.90. The van der Waals surface area contributed by atoms with E-state index in [0.717, 1.165) is 39.5 Å². The number of pyridine rings is 1. The van der Waals surface area contributed by atoms with Crippen molar-refractivity contribution in [1.29, 1.82) is 0 Å². The number of thiophene rings is 1. The lowest BCUT2D eigenvalue weighted by atomic mass is 9.95. The van der Waals surface area contributed by atoms with Gasteiger partial charge in [-0.15, -0.1) is 11.3 Å². The third kappa shape index (κ3) is 4.96. The van der Waals surface area contributed by atoms with Crippen LogP contribution in [0.15, 0.2) is 35.9 Å². The average molecular weight is 450 g/mol. The highest BCUT2D eigenvalue weighted by atomic mass is 32.1. The first-order valence-corrected chi connectivity index (χ1v) is 11.5. The Morgan fingerprint density at radius 3 is 2.84 bits per heavy atom. The van der Waals surface area contributed by atoms with E-state index in [9.17, 15) is 9.59 Å².